The molecule has 1 aromatic carbocycles. The van der Waals surface area contributed by atoms with E-state index in [1.54, 1.807) is 9.58 Å². The smallest absolute Gasteiger partial charge is 0.410 e. The molecule has 30 heavy (non-hydrogen) atoms. The lowest BCUT2D eigenvalue weighted by Gasteiger charge is -2.32. The van der Waals surface area contributed by atoms with Crippen molar-refractivity contribution < 1.29 is 14.1 Å². The fourth-order valence-electron chi connectivity index (χ4n) is 4.02. The molecule has 0 atom stereocenters. The van der Waals surface area contributed by atoms with E-state index in [9.17, 15) is 4.79 Å². The minimum absolute atomic E-state index is 0.134. The number of aromatic nitrogens is 4. The third kappa shape index (κ3) is 3.66. The van der Waals surface area contributed by atoms with Crippen molar-refractivity contribution in [3.63, 3.8) is 0 Å². The molecule has 1 amide bonds. The van der Waals surface area contributed by atoms with Gasteiger partial charge in [-0.05, 0) is 57.7 Å². The van der Waals surface area contributed by atoms with Gasteiger partial charge in [-0.3, -0.25) is 0 Å². The lowest BCUT2D eigenvalue weighted by Crippen LogP contribution is -2.41. The van der Waals surface area contributed by atoms with E-state index >= 15 is 0 Å². The highest BCUT2D eigenvalue weighted by atomic mass is 16.6. The molecule has 3 aromatic rings. The lowest BCUT2D eigenvalue weighted by atomic mass is 9.97. The van der Waals surface area contributed by atoms with Crippen LogP contribution in [0.15, 0.2) is 28.8 Å². The molecule has 8 nitrogen and oxygen atoms in total. The predicted octanol–water partition coefficient (Wildman–Crippen LogP) is 4.40. The minimum atomic E-state index is -0.485. The molecule has 2 aliphatic rings. The van der Waals surface area contributed by atoms with Crippen molar-refractivity contribution >= 4 is 17.0 Å². The molecule has 1 saturated carbocycles. The summed E-state index contributed by atoms with van der Waals surface area (Å²) in [6, 6.07) is 8.20. The standard InChI is InChI=1S/C22H27N5O3/c1-22(2,3)29-21(28)26-12-10-15(11-13-26)19-23-20(25-30-19)27-17-7-5-4-6-16(17)18(24-27)14-8-9-14/h4-7,14-15H,8-13H2,1-3H3. The molecule has 8 heteroatoms. The van der Waals surface area contributed by atoms with Crippen molar-refractivity contribution in [2.45, 2.75) is 63.9 Å². The van der Waals surface area contributed by atoms with Gasteiger partial charge in [0.15, 0.2) is 0 Å². The molecule has 0 spiro atoms. The van der Waals surface area contributed by atoms with Crippen molar-refractivity contribution in [1.82, 2.24) is 24.8 Å². The number of piperidine rings is 1. The Kier molecular flexibility index (Phi) is 4.52. The van der Waals surface area contributed by atoms with E-state index in [2.05, 4.69) is 16.2 Å². The van der Waals surface area contributed by atoms with Crippen LogP contribution in [-0.4, -0.2) is 49.6 Å². The fourth-order valence-corrected chi connectivity index (χ4v) is 4.02. The summed E-state index contributed by atoms with van der Waals surface area (Å²) in [6.07, 6.45) is 3.66. The monoisotopic (exact) mass is 409 g/mol. The zero-order valence-electron chi connectivity index (χ0n) is 17.7. The normalized spacial score (nSPS) is 18.2. The van der Waals surface area contributed by atoms with Gasteiger partial charge in [0.25, 0.3) is 5.95 Å². The van der Waals surface area contributed by atoms with Crippen molar-refractivity contribution in [1.29, 1.82) is 0 Å². The highest BCUT2D eigenvalue weighted by Crippen LogP contribution is 2.42. The average Bonchev–Trinajstić information content (AvgIpc) is 3.31. The van der Waals surface area contributed by atoms with E-state index in [1.165, 1.54) is 12.8 Å². The van der Waals surface area contributed by atoms with E-state index in [1.807, 2.05) is 39.0 Å². The van der Waals surface area contributed by atoms with Crippen LogP contribution < -0.4 is 0 Å². The number of carbonyl (C=O) groups excluding carboxylic acids is 1. The molecular formula is C22H27N5O3. The zero-order chi connectivity index (χ0) is 20.9. The van der Waals surface area contributed by atoms with Gasteiger partial charge < -0.3 is 14.2 Å². The number of fused-ring (bicyclic) bond motifs is 1. The Morgan fingerprint density at radius 3 is 2.53 bits per heavy atom. The Hall–Kier alpha value is -2.90. The summed E-state index contributed by atoms with van der Waals surface area (Å²) >= 11 is 0. The number of hydrogen-bond acceptors (Lipinski definition) is 6. The van der Waals surface area contributed by atoms with Crippen LogP contribution in [0.2, 0.25) is 0 Å². The highest BCUT2D eigenvalue weighted by Gasteiger charge is 2.32. The molecule has 158 valence electrons. The van der Waals surface area contributed by atoms with Crippen molar-refractivity contribution in [3.8, 4) is 5.95 Å². The number of amides is 1. The Balaban J connectivity index is 1.32. The molecule has 5 rings (SSSR count). The number of ether oxygens (including phenoxy) is 1. The summed E-state index contributed by atoms with van der Waals surface area (Å²) in [7, 11) is 0. The van der Waals surface area contributed by atoms with Gasteiger partial charge in [0.05, 0.1) is 11.2 Å². The number of benzene rings is 1. The Morgan fingerprint density at radius 1 is 1.10 bits per heavy atom. The molecule has 0 unspecified atom stereocenters. The largest absolute Gasteiger partial charge is 0.444 e. The quantitative estimate of drug-likeness (QED) is 0.637. The van der Waals surface area contributed by atoms with E-state index < -0.39 is 5.60 Å². The van der Waals surface area contributed by atoms with Crippen molar-refractivity contribution in [2.75, 3.05) is 13.1 Å². The third-order valence-electron chi connectivity index (χ3n) is 5.70. The zero-order valence-corrected chi connectivity index (χ0v) is 17.7. The second-order valence-electron chi connectivity index (χ2n) is 9.26. The Labute approximate surface area is 175 Å². The van der Waals surface area contributed by atoms with Crippen LogP contribution in [0.3, 0.4) is 0 Å². The first-order valence-electron chi connectivity index (χ1n) is 10.7. The second kappa shape index (κ2) is 7.11. The van der Waals surface area contributed by atoms with E-state index in [0.717, 1.165) is 29.4 Å². The Morgan fingerprint density at radius 2 is 1.83 bits per heavy atom. The number of nitrogens with zero attached hydrogens (tertiary/aromatic N) is 5. The van der Waals surface area contributed by atoms with Crippen molar-refractivity contribution in [2.24, 2.45) is 0 Å². The van der Waals surface area contributed by atoms with Crippen LogP contribution >= 0.6 is 0 Å². The molecule has 1 aliphatic heterocycles. The number of rotatable bonds is 3. The molecule has 2 fully saturated rings. The first kappa shape index (κ1) is 19.1. The molecular weight excluding hydrogens is 382 g/mol. The molecule has 3 heterocycles. The summed E-state index contributed by atoms with van der Waals surface area (Å²) in [6.45, 7) is 6.88. The summed E-state index contributed by atoms with van der Waals surface area (Å²) in [4.78, 5) is 18.7. The van der Waals surface area contributed by atoms with E-state index in [-0.39, 0.29) is 12.0 Å². The number of likely N-dealkylation sites (tertiary alicyclic amines) is 1. The number of para-hydroxylation sites is 1. The minimum Gasteiger partial charge on any atom is -0.444 e. The van der Waals surface area contributed by atoms with Gasteiger partial charge in [0.2, 0.25) is 5.89 Å². The van der Waals surface area contributed by atoms with Gasteiger partial charge in [-0.15, -0.1) is 0 Å². The van der Waals surface area contributed by atoms with Gasteiger partial charge in [0.1, 0.15) is 5.60 Å². The SMILES string of the molecule is CC(C)(C)OC(=O)N1CCC(c2nc(-n3nc(C4CC4)c4ccccc43)no2)CC1. The van der Waals surface area contributed by atoms with Crippen molar-refractivity contribution in [3.05, 3.63) is 35.9 Å². The first-order valence-corrected chi connectivity index (χ1v) is 10.7. The molecule has 0 radical (unpaired) electrons. The maximum absolute atomic E-state index is 12.3. The summed E-state index contributed by atoms with van der Waals surface area (Å²) in [5, 5.41) is 10.2. The number of carbonyl (C=O) groups is 1. The Bertz CT molecular complexity index is 1070. The van der Waals surface area contributed by atoms with Gasteiger partial charge in [-0.1, -0.05) is 18.2 Å². The summed E-state index contributed by atoms with van der Waals surface area (Å²) < 4.78 is 12.9. The fraction of sp³-hybridized carbons (Fsp3) is 0.545. The van der Waals surface area contributed by atoms with E-state index in [4.69, 9.17) is 14.4 Å². The van der Waals surface area contributed by atoms with Crippen LogP contribution in [-0.2, 0) is 4.74 Å². The molecule has 2 aromatic heterocycles. The maximum Gasteiger partial charge on any atom is 0.410 e. The molecule has 1 aliphatic carbocycles. The molecule has 0 bridgehead atoms. The van der Waals surface area contributed by atoms with Crippen LogP contribution in [0.4, 0.5) is 4.79 Å². The van der Waals surface area contributed by atoms with Gasteiger partial charge in [0, 0.05) is 30.3 Å². The highest BCUT2D eigenvalue weighted by molar-refractivity contribution is 5.83. The summed E-state index contributed by atoms with van der Waals surface area (Å²) in [5.74, 6) is 1.76. The van der Waals surface area contributed by atoms with Crippen LogP contribution in [0.25, 0.3) is 16.9 Å². The topological polar surface area (TPSA) is 86.3 Å². The third-order valence-corrected chi connectivity index (χ3v) is 5.70. The van der Waals surface area contributed by atoms with Gasteiger partial charge in [-0.2, -0.15) is 14.8 Å². The van der Waals surface area contributed by atoms with Gasteiger partial charge >= 0.3 is 6.09 Å². The molecule has 1 saturated heterocycles. The number of hydrogen-bond donors (Lipinski definition) is 0. The first-order chi connectivity index (χ1) is 14.4. The average molecular weight is 409 g/mol. The second-order valence-corrected chi connectivity index (χ2v) is 9.26. The predicted molar refractivity (Wildman–Crippen MR) is 111 cm³/mol. The van der Waals surface area contributed by atoms with E-state index in [0.29, 0.717) is 30.8 Å². The maximum atomic E-state index is 12.3. The summed E-state index contributed by atoms with van der Waals surface area (Å²) in [5.41, 5.74) is 1.65. The van der Waals surface area contributed by atoms with Gasteiger partial charge in [-0.25, -0.2) is 4.79 Å². The van der Waals surface area contributed by atoms with Crippen LogP contribution in [0.5, 0.6) is 0 Å². The lowest BCUT2D eigenvalue weighted by molar-refractivity contribution is 0.0198. The van der Waals surface area contributed by atoms with Crippen LogP contribution in [0.1, 0.15) is 69.9 Å². The molecule has 0 N–H and O–H groups in total. The van der Waals surface area contributed by atoms with Crippen LogP contribution in [0, 0.1) is 0 Å².